The maximum atomic E-state index is 12.7. The Bertz CT molecular complexity index is 1760. The molecule has 4 heterocycles. The third-order valence-corrected chi connectivity index (χ3v) is 9.23. The van der Waals surface area contributed by atoms with Gasteiger partial charge < -0.3 is 20.1 Å². The molecule has 3 aromatic heterocycles. The molecule has 1 aliphatic rings. The smallest absolute Gasteiger partial charge is 0.262 e. The summed E-state index contributed by atoms with van der Waals surface area (Å²) >= 11 is 8.05. The summed E-state index contributed by atoms with van der Waals surface area (Å²) in [4.78, 5) is 19.5. The normalized spacial score (nSPS) is 15.2. The Balaban J connectivity index is 1.22. The topological polar surface area (TPSA) is 100 Å². The molecule has 1 fully saturated rings. The Morgan fingerprint density at radius 1 is 1.19 bits per heavy atom. The minimum absolute atomic E-state index is 0.00572. The first-order valence-electron chi connectivity index (χ1n) is 14.1. The van der Waals surface area contributed by atoms with Crippen LogP contribution in [0.4, 0.5) is 4.39 Å². The number of benzene rings is 2. The Morgan fingerprint density at radius 2 is 2.00 bits per heavy atom. The lowest BCUT2D eigenvalue weighted by molar-refractivity contribution is 0.0966. The summed E-state index contributed by atoms with van der Waals surface area (Å²) in [6.45, 7) is 3.57. The largest absolute Gasteiger partial charge is 0.489 e. The van der Waals surface area contributed by atoms with Gasteiger partial charge in [0.2, 0.25) is 0 Å². The van der Waals surface area contributed by atoms with Gasteiger partial charge in [0.05, 0.1) is 22.3 Å². The monoisotopic (exact) mass is 622 g/mol. The Morgan fingerprint density at radius 3 is 2.72 bits per heavy atom. The van der Waals surface area contributed by atoms with Crippen LogP contribution in [0.25, 0.3) is 27.2 Å². The van der Waals surface area contributed by atoms with Crippen molar-refractivity contribution in [3.8, 4) is 27.6 Å². The number of nitrogens with two attached hydrogens (primary N) is 1. The molecule has 5 aromatic rings. The lowest BCUT2D eigenvalue weighted by Crippen LogP contribution is -2.39. The number of primary amides is 1. The molecule has 1 aliphatic heterocycles. The Kier molecular flexibility index (Phi) is 8.38. The van der Waals surface area contributed by atoms with Crippen LogP contribution in [-0.2, 0) is 7.05 Å². The number of carbonyl (C=O) groups is 1. The SMILES string of the molecule is CC(Oc1cc(-n2cnc3cc(-c4cnn(C)c4)ccc32)sc1C(N)=O)c1cccc(OC2CCN(CCF)CC2)c1Cl. The molecule has 0 aliphatic carbocycles. The van der Waals surface area contributed by atoms with E-state index in [4.69, 9.17) is 26.8 Å². The Labute approximate surface area is 257 Å². The second kappa shape index (κ2) is 12.4. The molecule has 224 valence electrons. The van der Waals surface area contributed by atoms with Gasteiger partial charge in [0, 0.05) is 50.1 Å². The Hall–Kier alpha value is -3.93. The highest BCUT2D eigenvalue weighted by Gasteiger charge is 2.24. The van der Waals surface area contributed by atoms with Crippen molar-refractivity contribution in [2.24, 2.45) is 12.8 Å². The molecule has 1 atom stereocenters. The zero-order valence-corrected chi connectivity index (χ0v) is 25.4. The number of thiophene rings is 1. The summed E-state index contributed by atoms with van der Waals surface area (Å²) in [6.07, 6.45) is 6.61. The molecule has 6 rings (SSSR count). The average Bonchev–Trinajstić information content (AvgIpc) is 3.73. The molecule has 0 saturated carbocycles. The molecule has 0 bridgehead atoms. The van der Waals surface area contributed by atoms with E-state index in [1.54, 1.807) is 17.1 Å². The maximum absolute atomic E-state index is 12.7. The van der Waals surface area contributed by atoms with Crippen molar-refractivity contribution in [1.82, 2.24) is 24.2 Å². The number of hydrogen-bond acceptors (Lipinski definition) is 7. The fraction of sp³-hybridized carbons (Fsp3) is 0.323. The highest BCUT2D eigenvalue weighted by Crippen LogP contribution is 2.39. The van der Waals surface area contributed by atoms with Gasteiger partial charge >= 0.3 is 0 Å². The van der Waals surface area contributed by atoms with Crippen molar-refractivity contribution in [2.75, 3.05) is 26.3 Å². The molecule has 0 spiro atoms. The summed E-state index contributed by atoms with van der Waals surface area (Å²) in [5, 5.41) is 5.46. The molecule has 12 heteroatoms. The molecule has 1 unspecified atom stereocenters. The maximum Gasteiger partial charge on any atom is 0.262 e. The van der Waals surface area contributed by atoms with Crippen LogP contribution in [0.3, 0.4) is 0 Å². The highest BCUT2D eigenvalue weighted by molar-refractivity contribution is 7.16. The predicted octanol–water partition coefficient (Wildman–Crippen LogP) is 6.19. The van der Waals surface area contributed by atoms with Crippen molar-refractivity contribution in [2.45, 2.75) is 32.0 Å². The van der Waals surface area contributed by atoms with Gasteiger partial charge in [-0.3, -0.25) is 14.0 Å². The van der Waals surface area contributed by atoms with E-state index in [1.165, 1.54) is 11.3 Å². The number of nitrogens with zero attached hydrogens (tertiary/aromatic N) is 5. The molecule has 9 nitrogen and oxygen atoms in total. The fourth-order valence-electron chi connectivity index (χ4n) is 5.41. The van der Waals surface area contributed by atoms with E-state index < -0.39 is 12.0 Å². The number of likely N-dealkylation sites (tertiary alicyclic amines) is 1. The number of imidazole rings is 1. The van der Waals surface area contributed by atoms with E-state index in [2.05, 4.69) is 15.0 Å². The number of aromatic nitrogens is 4. The molecule has 1 saturated heterocycles. The minimum atomic E-state index is -0.580. The molecular formula is C31H32ClFN6O3S. The van der Waals surface area contributed by atoms with Gasteiger partial charge in [-0.05, 0) is 43.5 Å². The summed E-state index contributed by atoms with van der Waals surface area (Å²) in [5.41, 5.74) is 10.2. The van der Waals surface area contributed by atoms with Crippen LogP contribution < -0.4 is 15.2 Å². The molecular weight excluding hydrogens is 591 g/mol. The van der Waals surface area contributed by atoms with Crippen molar-refractivity contribution in [1.29, 1.82) is 0 Å². The van der Waals surface area contributed by atoms with Crippen LogP contribution in [0.15, 0.2) is 61.2 Å². The number of rotatable bonds is 10. The van der Waals surface area contributed by atoms with E-state index >= 15 is 0 Å². The zero-order chi connectivity index (χ0) is 30.1. The lowest BCUT2D eigenvalue weighted by Gasteiger charge is -2.31. The van der Waals surface area contributed by atoms with Crippen molar-refractivity contribution in [3.63, 3.8) is 0 Å². The number of aryl methyl sites for hydroxylation is 1. The van der Waals surface area contributed by atoms with Crippen LogP contribution in [0.1, 0.15) is 41.1 Å². The summed E-state index contributed by atoms with van der Waals surface area (Å²) in [5.74, 6) is 0.371. The van der Waals surface area contributed by atoms with Crippen molar-refractivity contribution in [3.05, 3.63) is 76.6 Å². The van der Waals surface area contributed by atoms with E-state index in [0.717, 1.165) is 58.7 Å². The van der Waals surface area contributed by atoms with Crippen LogP contribution in [-0.4, -0.2) is 62.6 Å². The number of fused-ring (bicyclic) bond motifs is 1. The number of halogens is 2. The summed E-state index contributed by atoms with van der Waals surface area (Å²) in [7, 11) is 1.88. The average molecular weight is 623 g/mol. The van der Waals surface area contributed by atoms with E-state index in [1.807, 2.05) is 67.3 Å². The van der Waals surface area contributed by atoms with E-state index in [0.29, 0.717) is 27.9 Å². The van der Waals surface area contributed by atoms with Gasteiger partial charge in [-0.2, -0.15) is 5.10 Å². The van der Waals surface area contributed by atoms with Crippen LogP contribution >= 0.6 is 22.9 Å². The second-order valence-corrected chi connectivity index (χ2v) is 12.0. The molecule has 2 N–H and O–H groups in total. The first-order valence-corrected chi connectivity index (χ1v) is 15.3. The first-order chi connectivity index (χ1) is 20.8. The third kappa shape index (κ3) is 6.11. The lowest BCUT2D eigenvalue weighted by atomic mass is 10.1. The van der Waals surface area contributed by atoms with Crippen LogP contribution in [0, 0.1) is 0 Å². The summed E-state index contributed by atoms with van der Waals surface area (Å²) in [6, 6.07) is 13.4. The quantitative estimate of drug-likeness (QED) is 0.199. The number of amides is 1. The third-order valence-electron chi connectivity index (χ3n) is 7.70. The number of carbonyl (C=O) groups excluding carboxylic acids is 1. The fourth-order valence-corrected chi connectivity index (χ4v) is 6.67. The van der Waals surface area contributed by atoms with Crippen LogP contribution in [0.2, 0.25) is 5.02 Å². The second-order valence-electron chi connectivity index (χ2n) is 10.6. The zero-order valence-electron chi connectivity index (χ0n) is 23.9. The van der Waals surface area contributed by atoms with Crippen LogP contribution in [0.5, 0.6) is 11.5 Å². The van der Waals surface area contributed by atoms with Crippen molar-refractivity contribution >= 4 is 39.9 Å². The van der Waals surface area contributed by atoms with Gasteiger partial charge in [-0.25, -0.2) is 9.37 Å². The number of alkyl halides is 1. The molecule has 2 aromatic carbocycles. The number of piperidine rings is 1. The van der Waals surface area contributed by atoms with Gasteiger partial charge in [0.15, 0.2) is 0 Å². The van der Waals surface area contributed by atoms with E-state index in [-0.39, 0.29) is 12.8 Å². The molecule has 1 amide bonds. The first kappa shape index (κ1) is 29.2. The predicted molar refractivity (Wildman–Crippen MR) is 166 cm³/mol. The number of ether oxygens (including phenoxy) is 2. The highest BCUT2D eigenvalue weighted by atomic mass is 35.5. The molecule has 43 heavy (non-hydrogen) atoms. The summed E-state index contributed by atoms with van der Waals surface area (Å²) < 4.78 is 28.9. The van der Waals surface area contributed by atoms with Gasteiger partial charge in [-0.15, -0.1) is 11.3 Å². The van der Waals surface area contributed by atoms with Gasteiger partial charge in [0.25, 0.3) is 5.91 Å². The van der Waals surface area contributed by atoms with Gasteiger partial charge in [-0.1, -0.05) is 29.8 Å². The molecule has 0 radical (unpaired) electrons. The minimum Gasteiger partial charge on any atom is -0.489 e. The van der Waals surface area contributed by atoms with Crippen molar-refractivity contribution < 1.29 is 18.7 Å². The van der Waals surface area contributed by atoms with E-state index in [9.17, 15) is 9.18 Å². The van der Waals surface area contributed by atoms with Gasteiger partial charge in [0.1, 0.15) is 46.6 Å². The standard InChI is InChI=1S/C31H32ClFN6O3S/c1-19(23-4-3-5-26(29(23)32)42-22-8-11-38(12-9-22)13-10-33)41-27-15-28(43-30(27)31(34)40)39-18-35-24-14-20(6-7-25(24)39)21-16-36-37(2)17-21/h3-7,14-19,22H,8-13H2,1-2H3,(H2,34,40). The number of hydrogen-bond donors (Lipinski definition) is 1.